The van der Waals surface area contributed by atoms with E-state index in [0.29, 0.717) is 27.3 Å². The highest BCUT2D eigenvalue weighted by atomic mass is 19.1. The van der Waals surface area contributed by atoms with Crippen LogP contribution in [-0.2, 0) is 0 Å². The molecule has 110 valence electrons. The van der Waals surface area contributed by atoms with E-state index in [2.05, 4.69) is 10.2 Å². The topological polar surface area (TPSA) is 62.0 Å². The second kappa shape index (κ2) is 5.77. The van der Waals surface area contributed by atoms with Crippen molar-refractivity contribution in [2.75, 3.05) is 7.11 Å². The van der Waals surface area contributed by atoms with Crippen molar-refractivity contribution in [3.63, 3.8) is 0 Å². The lowest BCUT2D eigenvalue weighted by Crippen LogP contribution is -2.31. The molecule has 0 aliphatic heterocycles. The quantitative estimate of drug-likeness (QED) is 0.550. The third-order valence-electron chi connectivity index (χ3n) is 3.17. The standard InChI is InChI=1S/C16H12FN3O2/c1-22-14-7-5-11(6-8-14)16-19-18-15(10-20(16)21)12-3-2-4-13(17)9-12/h2-10H,1H3. The molecule has 2 aromatic carbocycles. The van der Waals surface area contributed by atoms with Gasteiger partial charge in [-0.2, -0.15) is 0 Å². The van der Waals surface area contributed by atoms with Gasteiger partial charge in [-0.25, -0.2) is 9.12 Å². The van der Waals surface area contributed by atoms with E-state index in [0.717, 1.165) is 0 Å². The fraction of sp³-hybridized carbons (Fsp3) is 0.0625. The summed E-state index contributed by atoms with van der Waals surface area (Å²) in [6, 6.07) is 12.8. The van der Waals surface area contributed by atoms with Crippen molar-refractivity contribution in [1.29, 1.82) is 0 Å². The van der Waals surface area contributed by atoms with E-state index in [-0.39, 0.29) is 5.82 Å². The van der Waals surface area contributed by atoms with Gasteiger partial charge in [0.05, 0.1) is 17.8 Å². The van der Waals surface area contributed by atoms with Gasteiger partial charge in [-0.1, -0.05) is 12.1 Å². The molecule has 0 spiro atoms. The van der Waals surface area contributed by atoms with Crippen LogP contribution in [0.1, 0.15) is 0 Å². The molecule has 1 heterocycles. The molecule has 0 aliphatic rings. The van der Waals surface area contributed by atoms with Gasteiger partial charge in [-0.15, -0.1) is 0 Å². The van der Waals surface area contributed by atoms with Crippen LogP contribution in [0.15, 0.2) is 54.7 Å². The maximum atomic E-state index is 13.2. The van der Waals surface area contributed by atoms with Crippen LogP contribution in [-0.4, -0.2) is 17.3 Å². The van der Waals surface area contributed by atoms with Crippen molar-refractivity contribution in [1.82, 2.24) is 10.2 Å². The molecule has 0 aliphatic carbocycles. The fourth-order valence-electron chi connectivity index (χ4n) is 2.05. The summed E-state index contributed by atoms with van der Waals surface area (Å²) >= 11 is 0. The highest BCUT2D eigenvalue weighted by Crippen LogP contribution is 2.20. The van der Waals surface area contributed by atoms with E-state index in [1.807, 2.05) is 0 Å². The van der Waals surface area contributed by atoms with E-state index in [1.54, 1.807) is 43.5 Å². The summed E-state index contributed by atoms with van der Waals surface area (Å²) in [5.41, 5.74) is 1.43. The van der Waals surface area contributed by atoms with Crippen molar-refractivity contribution < 1.29 is 13.9 Å². The Labute approximate surface area is 126 Å². The van der Waals surface area contributed by atoms with E-state index in [1.165, 1.54) is 18.3 Å². The number of rotatable bonds is 3. The predicted molar refractivity (Wildman–Crippen MR) is 78.4 cm³/mol. The zero-order valence-corrected chi connectivity index (χ0v) is 11.7. The number of aromatic nitrogens is 3. The molecule has 0 atom stereocenters. The van der Waals surface area contributed by atoms with Crippen LogP contribution in [0.2, 0.25) is 0 Å². The SMILES string of the molecule is COc1ccc(-c2nnc(-c3cccc(F)c3)c[n+]2[O-])cc1. The molecule has 0 radical (unpaired) electrons. The van der Waals surface area contributed by atoms with Crippen molar-refractivity contribution in [3.05, 3.63) is 65.8 Å². The first-order valence-corrected chi connectivity index (χ1v) is 6.54. The minimum absolute atomic E-state index is 0.169. The van der Waals surface area contributed by atoms with E-state index >= 15 is 0 Å². The van der Waals surface area contributed by atoms with Gasteiger partial charge >= 0.3 is 5.82 Å². The lowest BCUT2D eigenvalue weighted by atomic mass is 10.1. The second-order valence-electron chi connectivity index (χ2n) is 4.60. The number of nitrogens with zero attached hydrogens (tertiary/aromatic N) is 3. The van der Waals surface area contributed by atoms with Crippen LogP contribution >= 0.6 is 0 Å². The molecule has 0 saturated carbocycles. The van der Waals surface area contributed by atoms with Gasteiger partial charge in [-0.05, 0) is 41.5 Å². The molecule has 0 N–H and O–H groups in total. The van der Waals surface area contributed by atoms with Crippen LogP contribution < -0.4 is 9.47 Å². The first-order chi connectivity index (χ1) is 10.7. The highest BCUT2D eigenvalue weighted by Gasteiger charge is 2.15. The fourth-order valence-corrected chi connectivity index (χ4v) is 2.05. The molecule has 0 amide bonds. The van der Waals surface area contributed by atoms with Crippen LogP contribution in [0.25, 0.3) is 22.6 Å². The monoisotopic (exact) mass is 297 g/mol. The zero-order valence-electron chi connectivity index (χ0n) is 11.7. The molecule has 0 saturated heterocycles. The summed E-state index contributed by atoms with van der Waals surface area (Å²) in [6.07, 6.45) is 1.28. The average molecular weight is 297 g/mol. The molecule has 0 unspecified atom stereocenters. The van der Waals surface area contributed by atoms with Gasteiger partial charge in [0, 0.05) is 5.56 Å². The zero-order chi connectivity index (χ0) is 15.5. The number of hydrogen-bond acceptors (Lipinski definition) is 4. The van der Waals surface area contributed by atoms with Gasteiger partial charge in [0.1, 0.15) is 17.8 Å². The van der Waals surface area contributed by atoms with Crippen LogP contribution in [0.5, 0.6) is 5.75 Å². The predicted octanol–water partition coefficient (Wildman–Crippen LogP) is 2.59. The summed E-state index contributed by atoms with van der Waals surface area (Å²) in [5, 5.41) is 20.1. The van der Waals surface area contributed by atoms with Gasteiger partial charge in [0.15, 0.2) is 5.69 Å². The first kappa shape index (κ1) is 13.9. The van der Waals surface area contributed by atoms with Gasteiger partial charge in [0.25, 0.3) is 0 Å². The van der Waals surface area contributed by atoms with Gasteiger partial charge in [-0.3, -0.25) is 0 Å². The third kappa shape index (κ3) is 2.71. The molecular formula is C16H12FN3O2. The Morgan fingerprint density at radius 1 is 1.05 bits per heavy atom. The van der Waals surface area contributed by atoms with Crippen molar-refractivity contribution in [2.24, 2.45) is 0 Å². The number of benzene rings is 2. The van der Waals surface area contributed by atoms with Crippen LogP contribution in [0.3, 0.4) is 0 Å². The summed E-state index contributed by atoms with van der Waals surface area (Å²) in [6.45, 7) is 0. The van der Waals surface area contributed by atoms with Crippen LogP contribution in [0.4, 0.5) is 4.39 Å². The maximum absolute atomic E-state index is 13.2. The number of methoxy groups -OCH3 is 1. The van der Waals surface area contributed by atoms with Crippen molar-refractivity contribution >= 4 is 0 Å². The molecule has 22 heavy (non-hydrogen) atoms. The Bertz CT molecular complexity index is 807. The Balaban J connectivity index is 1.98. The average Bonchev–Trinajstić information content (AvgIpc) is 2.55. The third-order valence-corrected chi connectivity index (χ3v) is 3.17. The molecule has 1 aromatic heterocycles. The van der Waals surface area contributed by atoms with Crippen molar-refractivity contribution in [2.45, 2.75) is 0 Å². The summed E-state index contributed by atoms with van der Waals surface area (Å²) in [4.78, 5) is 0. The molecule has 0 fully saturated rings. The summed E-state index contributed by atoms with van der Waals surface area (Å²) in [5.74, 6) is 0.462. The second-order valence-corrected chi connectivity index (χ2v) is 4.60. The minimum atomic E-state index is -0.393. The van der Waals surface area contributed by atoms with E-state index in [4.69, 9.17) is 4.74 Å². The largest absolute Gasteiger partial charge is 0.710 e. The Hall–Kier alpha value is -3.02. The number of halogens is 1. The van der Waals surface area contributed by atoms with Gasteiger partial charge in [0.2, 0.25) is 0 Å². The normalized spacial score (nSPS) is 10.5. The number of hydrogen-bond donors (Lipinski definition) is 0. The maximum Gasteiger partial charge on any atom is 0.360 e. The lowest BCUT2D eigenvalue weighted by Gasteiger charge is -2.07. The van der Waals surface area contributed by atoms with Crippen LogP contribution in [0, 0.1) is 11.0 Å². The summed E-state index contributed by atoms with van der Waals surface area (Å²) in [7, 11) is 1.57. The molecule has 3 aromatic rings. The highest BCUT2D eigenvalue weighted by molar-refractivity contribution is 5.58. The molecular weight excluding hydrogens is 285 g/mol. The molecule has 0 bridgehead atoms. The molecule has 3 rings (SSSR count). The Kier molecular flexibility index (Phi) is 3.65. The number of ether oxygens (including phenoxy) is 1. The Morgan fingerprint density at radius 2 is 1.82 bits per heavy atom. The summed E-state index contributed by atoms with van der Waals surface area (Å²) < 4.78 is 18.9. The van der Waals surface area contributed by atoms with Gasteiger partial charge < -0.3 is 9.94 Å². The molecule has 5 nitrogen and oxygen atoms in total. The van der Waals surface area contributed by atoms with Crippen molar-refractivity contribution in [3.8, 4) is 28.4 Å². The Morgan fingerprint density at radius 3 is 2.45 bits per heavy atom. The lowest BCUT2D eigenvalue weighted by molar-refractivity contribution is -0.596. The van der Waals surface area contributed by atoms with E-state index < -0.39 is 5.82 Å². The first-order valence-electron chi connectivity index (χ1n) is 6.54. The smallest absolute Gasteiger partial charge is 0.360 e. The minimum Gasteiger partial charge on any atom is -0.710 e. The van der Waals surface area contributed by atoms with E-state index in [9.17, 15) is 9.60 Å². The molecule has 6 heteroatoms.